The molecule has 0 aliphatic carbocycles. The number of hydrogen-bond donors (Lipinski definition) is 2. The van der Waals surface area contributed by atoms with E-state index in [0.717, 1.165) is 22.4 Å². The molecule has 0 saturated heterocycles. The summed E-state index contributed by atoms with van der Waals surface area (Å²) in [4.78, 5) is 23.9. The van der Waals surface area contributed by atoms with Crippen LogP contribution in [0.1, 0.15) is 48.4 Å². The van der Waals surface area contributed by atoms with Crippen molar-refractivity contribution in [3.63, 3.8) is 0 Å². The predicted octanol–water partition coefficient (Wildman–Crippen LogP) is 4.82. The lowest BCUT2D eigenvalue weighted by atomic mass is 9.89. The van der Waals surface area contributed by atoms with Crippen LogP contribution in [0.2, 0.25) is 0 Å². The molecule has 3 aromatic rings. The molecule has 0 fully saturated rings. The van der Waals surface area contributed by atoms with Crippen LogP contribution in [0.5, 0.6) is 5.75 Å². The van der Waals surface area contributed by atoms with Crippen LogP contribution < -0.4 is 4.74 Å². The Kier molecular flexibility index (Phi) is 8.35. The number of benzene rings is 2. The highest BCUT2D eigenvalue weighted by Gasteiger charge is 2.23. The molecule has 0 radical (unpaired) electrons. The van der Waals surface area contributed by atoms with Gasteiger partial charge in [-0.2, -0.15) is 5.10 Å². The predicted molar refractivity (Wildman–Crippen MR) is 130 cm³/mol. The Labute approximate surface area is 199 Å². The van der Waals surface area contributed by atoms with Crippen molar-refractivity contribution in [2.75, 3.05) is 0 Å². The molecule has 0 aliphatic rings. The second-order valence-corrected chi connectivity index (χ2v) is 8.57. The van der Waals surface area contributed by atoms with Gasteiger partial charge in [0.05, 0.1) is 24.4 Å². The van der Waals surface area contributed by atoms with Gasteiger partial charge in [0.25, 0.3) is 0 Å². The summed E-state index contributed by atoms with van der Waals surface area (Å²) in [5.74, 6) is -1.36. The number of nitrogens with zero attached hydrogens (tertiary/aromatic N) is 2. The highest BCUT2D eigenvalue weighted by molar-refractivity contribution is 6.41. The molecule has 2 aromatic carbocycles. The van der Waals surface area contributed by atoms with Gasteiger partial charge in [-0.05, 0) is 47.7 Å². The SMILES string of the molecule is CCC(C(=N)C(=O)Cc1ccc(OCc2ccccc2C)cc1)c1cnn(CC(C)C(=O)O)c1. The maximum absolute atomic E-state index is 12.8. The number of aliphatic carboxylic acids is 1. The summed E-state index contributed by atoms with van der Waals surface area (Å²) in [5, 5.41) is 21.8. The van der Waals surface area contributed by atoms with E-state index in [2.05, 4.69) is 5.10 Å². The molecule has 34 heavy (non-hydrogen) atoms. The molecule has 0 spiro atoms. The van der Waals surface area contributed by atoms with Crippen molar-refractivity contribution >= 4 is 17.5 Å². The zero-order valence-corrected chi connectivity index (χ0v) is 19.8. The normalized spacial score (nSPS) is 12.7. The Morgan fingerprint density at radius 3 is 2.50 bits per heavy atom. The van der Waals surface area contributed by atoms with Gasteiger partial charge in [0.15, 0.2) is 5.78 Å². The van der Waals surface area contributed by atoms with Crippen molar-refractivity contribution in [2.24, 2.45) is 5.92 Å². The summed E-state index contributed by atoms with van der Waals surface area (Å²) in [6.07, 6.45) is 4.06. The summed E-state index contributed by atoms with van der Waals surface area (Å²) in [5.41, 5.74) is 3.91. The molecule has 7 nitrogen and oxygen atoms in total. The molecule has 7 heteroatoms. The van der Waals surface area contributed by atoms with E-state index in [9.17, 15) is 9.59 Å². The van der Waals surface area contributed by atoms with Crippen LogP contribution in [0.3, 0.4) is 0 Å². The van der Waals surface area contributed by atoms with E-state index in [1.54, 1.807) is 24.0 Å². The van der Waals surface area contributed by atoms with Crippen LogP contribution in [-0.2, 0) is 29.2 Å². The molecule has 178 valence electrons. The number of ether oxygens (including phenoxy) is 1. The van der Waals surface area contributed by atoms with Crippen molar-refractivity contribution in [2.45, 2.75) is 52.7 Å². The average molecular weight is 462 g/mol. The number of ketones is 1. The van der Waals surface area contributed by atoms with Crippen LogP contribution in [-0.4, -0.2) is 32.4 Å². The van der Waals surface area contributed by atoms with Gasteiger partial charge in [-0.15, -0.1) is 0 Å². The standard InChI is InChI=1S/C27H31N3O4/c1-4-24(22-14-29-30(16-22)15-19(3)27(32)33)26(28)25(31)13-20-9-11-23(12-10-20)34-17-21-8-6-5-7-18(21)2/h5-12,14,16,19,24,28H,4,13,15,17H2,1-3H3,(H,32,33). The fourth-order valence-corrected chi connectivity index (χ4v) is 3.74. The number of rotatable bonds is 12. The van der Waals surface area contributed by atoms with Gasteiger partial charge in [0.2, 0.25) is 0 Å². The van der Waals surface area contributed by atoms with E-state index in [1.807, 2.05) is 62.4 Å². The van der Waals surface area contributed by atoms with E-state index >= 15 is 0 Å². The van der Waals surface area contributed by atoms with Gasteiger partial charge in [0.1, 0.15) is 12.4 Å². The van der Waals surface area contributed by atoms with Gasteiger partial charge < -0.3 is 15.3 Å². The fourth-order valence-electron chi connectivity index (χ4n) is 3.74. The lowest BCUT2D eigenvalue weighted by Crippen LogP contribution is -2.23. The van der Waals surface area contributed by atoms with Gasteiger partial charge in [0, 0.05) is 18.5 Å². The van der Waals surface area contributed by atoms with Crippen LogP contribution in [0.25, 0.3) is 0 Å². The Hall–Kier alpha value is -3.74. The highest BCUT2D eigenvalue weighted by Crippen LogP contribution is 2.23. The minimum absolute atomic E-state index is 0.0354. The summed E-state index contributed by atoms with van der Waals surface area (Å²) in [7, 11) is 0. The van der Waals surface area contributed by atoms with Crippen molar-refractivity contribution in [1.29, 1.82) is 5.41 Å². The second kappa shape index (κ2) is 11.4. The third kappa shape index (κ3) is 6.41. The quantitative estimate of drug-likeness (QED) is 0.376. The van der Waals surface area contributed by atoms with Crippen molar-refractivity contribution < 1.29 is 19.4 Å². The van der Waals surface area contributed by atoms with Gasteiger partial charge >= 0.3 is 5.97 Å². The molecule has 0 bridgehead atoms. The van der Waals surface area contributed by atoms with E-state index in [0.29, 0.717) is 13.0 Å². The first-order valence-electron chi connectivity index (χ1n) is 11.4. The summed E-state index contributed by atoms with van der Waals surface area (Å²) >= 11 is 0. The Morgan fingerprint density at radius 2 is 1.85 bits per heavy atom. The van der Waals surface area contributed by atoms with Crippen molar-refractivity contribution in [3.05, 3.63) is 83.2 Å². The first kappa shape index (κ1) is 24.9. The lowest BCUT2D eigenvalue weighted by molar-refractivity contribution is -0.141. The third-order valence-electron chi connectivity index (χ3n) is 5.94. The zero-order valence-electron chi connectivity index (χ0n) is 19.8. The number of carbonyl (C=O) groups is 2. The zero-order chi connectivity index (χ0) is 24.7. The van der Waals surface area contributed by atoms with Gasteiger partial charge in [-0.25, -0.2) is 0 Å². The maximum atomic E-state index is 12.8. The molecule has 1 aromatic heterocycles. The molecule has 2 atom stereocenters. The fraction of sp³-hybridized carbons (Fsp3) is 0.333. The van der Waals surface area contributed by atoms with E-state index < -0.39 is 11.9 Å². The highest BCUT2D eigenvalue weighted by atomic mass is 16.5. The number of aromatic nitrogens is 2. The summed E-state index contributed by atoms with van der Waals surface area (Å²) in [6, 6.07) is 15.5. The molecule has 3 rings (SSSR count). The van der Waals surface area contributed by atoms with Crippen LogP contribution in [0, 0.1) is 18.3 Å². The summed E-state index contributed by atoms with van der Waals surface area (Å²) in [6.45, 7) is 6.31. The third-order valence-corrected chi connectivity index (χ3v) is 5.94. The minimum Gasteiger partial charge on any atom is -0.489 e. The molecule has 0 amide bonds. The minimum atomic E-state index is -0.890. The van der Waals surface area contributed by atoms with Crippen LogP contribution in [0.15, 0.2) is 60.9 Å². The topological polar surface area (TPSA) is 105 Å². The average Bonchev–Trinajstić information content (AvgIpc) is 3.27. The Balaban J connectivity index is 1.58. The molecule has 1 heterocycles. The van der Waals surface area contributed by atoms with E-state index in [4.69, 9.17) is 15.3 Å². The van der Waals surface area contributed by atoms with Crippen LogP contribution >= 0.6 is 0 Å². The van der Waals surface area contributed by atoms with Crippen LogP contribution in [0.4, 0.5) is 0 Å². The van der Waals surface area contributed by atoms with E-state index in [-0.39, 0.29) is 30.4 Å². The first-order valence-corrected chi connectivity index (χ1v) is 11.4. The summed E-state index contributed by atoms with van der Waals surface area (Å²) < 4.78 is 7.42. The maximum Gasteiger partial charge on any atom is 0.308 e. The molecule has 0 aliphatic heterocycles. The number of hydrogen-bond acceptors (Lipinski definition) is 5. The molecule has 2 N–H and O–H groups in total. The van der Waals surface area contributed by atoms with Gasteiger partial charge in [-0.1, -0.05) is 50.2 Å². The van der Waals surface area contributed by atoms with E-state index in [1.165, 1.54) is 5.56 Å². The number of Topliss-reactive ketones (excluding diaryl/α,β-unsaturated/α-hetero) is 1. The lowest BCUT2D eigenvalue weighted by Gasteiger charge is -2.14. The number of carbonyl (C=O) groups excluding carboxylic acids is 1. The molecule has 2 unspecified atom stereocenters. The first-order chi connectivity index (χ1) is 16.3. The molecular weight excluding hydrogens is 430 g/mol. The smallest absolute Gasteiger partial charge is 0.308 e. The van der Waals surface area contributed by atoms with Gasteiger partial charge in [-0.3, -0.25) is 14.3 Å². The number of carboxylic acids is 1. The molecule has 0 saturated carbocycles. The second-order valence-electron chi connectivity index (χ2n) is 8.57. The Bertz CT molecular complexity index is 1150. The monoisotopic (exact) mass is 461 g/mol. The Morgan fingerprint density at radius 1 is 1.15 bits per heavy atom. The number of carboxylic acid groups (broad SMARTS) is 1. The van der Waals surface area contributed by atoms with Crippen molar-refractivity contribution in [3.8, 4) is 5.75 Å². The number of nitrogens with one attached hydrogen (secondary N) is 1. The molecular formula is C27H31N3O4. The van der Waals surface area contributed by atoms with Crippen molar-refractivity contribution in [1.82, 2.24) is 9.78 Å². The number of aryl methyl sites for hydroxylation is 1. The largest absolute Gasteiger partial charge is 0.489 e.